The second-order valence-electron chi connectivity index (χ2n) is 4.75. The standard InChI is InChI=1S/C15H13NO5S/c1-22(18,19)16-12-8-14-11(13(17)9-20-14)7-15(12)21-10-5-3-2-4-6-10/h2-9,16-17H,1H3. The number of hydrogen-bond acceptors (Lipinski definition) is 5. The summed E-state index contributed by atoms with van der Waals surface area (Å²) in [5.74, 6) is 0.765. The predicted molar refractivity (Wildman–Crippen MR) is 82.9 cm³/mol. The van der Waals surface area contributed by atoms with E-state index in [0.717, 1.165) is 6.26 Å². The Kier molecular flexibility index (Phi) is 3.42. The van der Waals surface area contributed by atoms with Gasteiger partial charge in [0.25, 0.3) is 0 Å². The molecule has 0 radical (unpaired) electrons. The summed E-state index contributed by atoms with van der Waals surface area (Å²) in [6.45, 7) is 0. The zero-order valence-electron chi connectivity index (χ0n) is 11.6. The number of nitrogens with one attached hydrogen (secondary N) is 1. The van der Waals surface area contributed by atoms with Crippen molar-refractivity contribution in [2.24, 2.45) is 0 Å². The van der Waals surface area contributed by atoms with Crippen LogP contribution in [0.25, 0.3) is 11.0 Å². The van der Waals surface area contributed by atoms with E-state index >= 15 is 0 Å². The van der Waals surface area contributed by atoms with Crippen molar-refractivity contribution in [3.63, 3.8) is 0 Å². The van der Waals surface area contributed by atoms with Crippen LogP contribution in [0, 0.1) is 0 Å². The van der Waals surface area contributed by atoms with E-state index in [2.05, 4.69) is 4.72 Å². The van der Waals surface area contributed by atoms with Gasteiger partial charge in [0, 0.05) is 6.07 Å². The Balaban J connectivity index is 2.11. The number of rotatable bonds is 4. The molecule has 22 heavy (non-hydrogen) atoms. The molecule has 0 bridgehead atoms. The topological polar surface area (TPSA) is 88.8 Å². The largest absolute Gasteiger partial charge is 0.504 e. The monoisotopic (exact) mass is 319 g/mol. The Bertz CT molecular complexity index is 916. The van der Waals surface area contributed by atoms with E-state index in [4.69, 9.17) is 9.15 Å². The molecule has 3 rings (SSSR count). The number of hydrogen-bond donors (Lipinski definition) is 2. The fraction of sp³-hybridized carbons (Fsp3) is 0.0667. The number of furan rings is 1. The molecule has 2 aromatic carbocycles. The van der Waals surface area contributed by atoms with E-state index in [1.165, 1.54) is 18.4 Å². The highest BCUT2D eigenvalue weighted by atomic mass is 32.2. The van der Waals surface area contributed by atoms with Crippen molar-refractivity contribution in [1.82, 2.24) is 0 Å². The molecule has 2 N–H and O–H groups in total. The summed E-state index contributed by atoms with van der Waals surface area (Å²) in [5, 5.41) is 10.2. The molecule has 0 aliphatic heterocycles. The lowest BCUT2D eigenvalue weighted by atomic mass is 10.2. The normalized spacial score (nSPS) is 11.5. The predicted octanol–water partition coefficient (Wildman–Crippen LogP) is 3.30. The summed E-state index contributed by atoms with van der Waals surface area (Å²) in [6, 6.07) is 11.9. The molecule has 0 unspecified atom stereocenters. The molecule has 3 aromatic rings. The minimum absolute atomic E-state index is 0.0428. The maximum Gasteiger partial charge on any atom is 0.229 e. The van der Waals surface area contributed by atoms with Crippen molar-refractivity contribution < 1.29 is 22.7 Å². The van der Waals surface area contributed by atoms with Gasteiger partial charge >= 0.3 is 0 Å². The van der Waals surface area contributed by atoms with E-state index in [1.807, 2.05) is 6.07 Å². The Morgan fingerprint density at radius 2 is 1.91 bits per heavy atom. The zero-order valence-corrected chi connectivity index (χ0v) is 12.4. The van der Waals surface area contributed by atoms with E-state index < -0.39 is 10.0 Å². The number of aromatic hydroxyl groups is 1. The minimum atomic E-state index is -3.49. The number of benzene rings is 2. The Labute approximate surface area is 127 Å². The molecule has 7 heteroatoms. The van der Waals surface area contributed by atoms with Crippen LogP contribution in [0.2, 0.25) is 0 Å². The molecule has 0 spiro atoms. The van der Waals surface area contributed by atoms with Crippen LogP contribution in [-0.4, -0.2) is 19.8 Å². The molecule has 0 aliphatic carbocycles. The van der Waals surface area contributed by atoms with Gasteiger partial charge in [-0.15, -0.1) is 0 Å². The third kappa shape index (κ3) is 2.99. The van der Waals surface area contributed by atoms with Gasteiger partial charge in [-0.05, 0) is 18.2 Å². The summed E-state index contributed by atoms with van der Waals surface area (Å²) >= 11 is 0. The average molecular weight is 319 g/mol. The molecule has 1 aromatic heterocycles. The van der Waals surface area contributed by atoms with Gasteiger partial charge in [-0.1, -0.05) is 18.2 Å². The van der Waals surface area contributed by atoms with Gasteiger partial charge in [0.15, 0.2) is 11.5 Å². The van der Waals surface area contributed by atoms with Gasteiger partial charge in [-0.3, -0.25) is 4.72 Å². The van der Waals surface area contributed by atoms with Crippen molar-refractivity contribution in [2.75, 3.05) is 11.0 Å². The first-order valence-corrected chi connectivity index (χ1v) is 8.26. The number of sulfonamides is 1. The van der Waals surface area contributed by atoms with Gasteiger partial charge in [0.05, 0.1) is 17.3 Å². The summed E-state index contributed by atoms with van der Waals surface area (Å²) in [7, 11) is -3.49. The zero-order chi connectivity index (χ0) is 15.7. The maximum atomic E-state index is 11.5. The van der Waals surface area contributed by atoms with Crippen LogP contribution < -0.4 is 9.46 Å². The maximum absolute atomic E-state index is 11.5. The van der Waals surface area contributed by atoms with E-state index in [9.17, 15) is 13.5 Å². The Morgan fingerprint density at radius 1 is 1.18 bits per heavy atom. The van der Waals surface area contributed by atoms with Gasteiger partial charge in [-0.2, -0.15) is 0 Å². The van der Waals surface area contributed by atoms with Gasteiger partial charge in [-0.25, -0.2) is 8.42 Å². The first kappa shape index (κ1) is 14.3. The van der Waals surface area contributed by atoms with Crippen molar-refractivity contribution in [2.45, 2.75) is 0 Å². The molecule has 0 saturated heterocycles. The van der Waals surface area contributed by atoms with Crippen LogP contribution >= 0.6 is 0 Å². The number of para-hydroxylation sites is 1. The third-order valence-electron chi connectivity index (χ3n) is 2.92. The Morgan fingerprint density at radius 3 is 2.59 bits per heavy atom. The van der Waals surface area contributed by atoms with Gasteiger partial charge < -0.3 is 14.3 Å². The van der Waals surface area contributed by atoms with Crippen LogP contribution in [0.5, 0.6) is 17.2 Å². The van der Waals surface area contributed by atoms with Crippen molar-refractivity contribution >= 4 is 26.7 Å². The highest BCUT2D eigenvalue weighted by Gasteiger charge is 2.15. The average Bonchev–Trinajstić information content (AvgIpc) is 2.80. The molecule has 6 nitrogen and oxygen atoms in total. The lowest BCUT2D eigenvalue weighted by Crippen LogP contribution is -2.10. The van der Waals surface area contributed by atoms with Crippen LogP contribution in [-0.2, 0) is 10.0 Å². The summed E-state index contributed by atoms with van der Waals surface area (Å²) in [5.41, 5.74) is 0.581. The fourth-order valence-corrected chi connectivity index (χ4v) is 2.58. The number of fused-ring (bicyclic) bond motifs is 1. The molecule has 114 valence electrons. The lowest BCUT2D eigenvalue weighted by Gasteiger charge is -2.12. The second kappa shape index (κ2) is 5.27. The quantitative estimate of drug-likeness (QED) is 0.770. The Hall–Kier alpha value is -2.67. The molecule has 0 amide bonds. The summed E-state index contributed by atoms with van der Waals surface area (Å²) in [6.07, 6.45) is 2.23. The van der Waals surface area contributed by atoms with Crippen molar-refractivity contribution in [3.8, 4) is 17.2 Å². The van der Waals surface area contributed by atoms with Crippen LogP contribution in [0.15, 0.2) is 53.1 Å². The first-order valence-electron chi connectivity index (χ1n) is 6.37. The SMILES string of the molecule is CS(=O)(=O)Nc1cc2occ(O)c2cc1Oc1ccccc1. The van der Waals surface area contributed by atoms with Crippen molar-refractivity contribution in [1.29, 1.82) is 0 Å². The smallest absolute Gasteiger partial charge is 0.229 e. The van der Waals surface area contributed by atoms with Crippen molar-refractivity contribution in [3.05, 3.63) is 48.7 Å². The van der Waals surface area contributed by atoms with E-state index in [0.29, 0.717) is 16.7 Å². The minimum Gasteiger partial charge on any atom is -0.504 e. The highest BCUT2D eigenvalue weighted by Crippen LogP contribution is 2.38. The highest BCUT2D eigenvalue weighted by molar-refractivity contribution is 7.92. The molecular formula is C15H13NO5S. The number of anilines is 1. The molecule has 0 fully saturated rings. The third-order valence-corrected chi connectivity index (χ3v) is 3.51. The van der Waals surface area contributed by atoms with E-state index in [1.54, 1.807) is 24.3 Å². The lowest BCUT2D eigenvalue weighted by molar-refractivity contribution is 0.464. The molecule has 1 heterocycles. The fourth-order valence-electron chi connectivity index (χ4n) is 2.02. The van der Waals surface area contributed by atoms with Crippen LogP contribution in [0.4, 0.5) is 5.69 Å². The van der Waals surface area contributed by atoms with Gasteiger partial charge in [0.2, 0.25) is 10.0 Å². The molecule has 0 aliphatic rings. The number of ether oxygens (including phenoxy) is 1. The van der Waals surface area contributed by atoms with Crippen LogP contribution in [0.3, 0.4) is 0 Å². The van der Waals surface area contributed by atoms with Gasteiger partial charge in [0.1, 0.15) is 17.6 Å². The molecule has 0 saturated carbocycles. The van der Waals surface area contributed by atoms with E-state index in [-0.39, 0.29) is 17.2 Å². The first-order chi connectivity index (χ1) is 10.4. The second-order valence-corrected chi connectivity index (χ2v) is 6.50. The summed E-state index contributed by atoms with van der Waals surface area (Å²) < 4.78 is 36.3. The summed E-state index contributed by atoms with van der Waals surface area (Å²) in [4.78, 5) is 0. The van der Waals surface area contributed by atoms with Crippen LogP contribution in [0.1, 0.15) is 0 Å². The molecular weight excluding hydrogens is 306 g/mol. The molecule has 0 atom stereocenters.